The molecule has 0 saturated heterocycles. The Labute approximate surface area is 139 Å². The van der Waals surface area contributed by atoms with Gasteiger partial charge in [0.05, 0.1) is 6.04 Å². The fraction of sp³-hybridized carbons (Fsp3) is 0.556. The molecule has 2 atom stereocenters. The molecule has 0 aromatic heterocycles. The first-order chi connectivity index (χ1) is 10.8. The number of amides is 2. The number of hydrogen-bond donors (Lipinski definition) is 2. The number of hydrogen-bond acceptors (Lipinski definition) is 3. The van der Waals surface area contributed by atoms with Crippen molar-refractivity contribution in [3.63, 3.8) is 0 Å². The molecule has 0 radical (unpaired) electrons. The van der Waals surface area contributed by atoms with Crippen LogP contribution in [0.25, 0.3) is 0 Å². The SMILES string of the molecule is CCC(NC(=O)C(NC)C(C)(C)c1ccccc1)C(=O)N(C)C. The highest BCUT2D eigenvalue weighted by Gasteiger charge is 2.36. The number of nitrogens with zero attached hydrogens (tertiary/aromatic N) is 1. The van der Waals surface area contributed by atoms with Crippen LogP contribution in [0, 0.1) is 0 Å². The van der Waals surface area contributed by atoms with E-state index in [1.54, 1.807) is 21.1 Å². The largest absolute Gasteiger partial charge is 0.347 e. The molecule has 2 amide bonds. The molecule has 2 N–H and O–H groups in total. The van der Waals surface area contributed by atoms with Gasteiger partial charge in [0.25, 0.3) is 0 Å². The third-order valence-corrected chi connectivity index (χ3v) is 4.25. The minimum Gasteiger partial charge on any atom is -0.347 e. The molecule has 2 unspecified atom stereocenters. The van der Waals surface area contributed by atoms with Crippen LogP contribution in [0.4, 0.5) is 0 Å². The summed E-state index contributed by atoms with van der Waals surface area (Å²) in [6, 6.07) is 8.98. The van der Waals surface area contributed by atoms with Gasteiger partial charge in [-0.15, -0.1) is 0 Å². The van der Waals surface area contributed by atoms with E-state index in [4.69, 9.17) is 0 Å². The summed E-state index contributed by atoms with van der Waals surface area (Å²) in [4.78, 5) is 26.4. The fourth-order valence-electron chi connectivity index (χ4n) is 2.76. The van der Waals surface area contributed by atoms with E-state index in [9.17, 15) is 9.59 Å². The molecule has 1 aromatic rings. The number of benzene rings is 1. The summed E-state index contributed by atoms with van der Waals surface area (Å²) in [6.07, 6.45) is 0.560. The minimum atomic E-state index is -0.500. The first-order valence-electron chi connectivity index (χ1n) is 8.00. The Morgan fingerprint density at radius 1 is 1.17 bits per heavy atom. The fourth-order valence-corrected chi connectivity index (χ4v) is 2.76. The van der Waals surface area contributed by atoms with E-state index in [1.165, 1.54) is 4.90 Å². The highest BCUT2D eigenvalue weighted by molar-refractivity contribution is 5.90. The quantitative estimate of drug-likeness (QED) is 0.801. The van der Waals surface area contributed by atoms with Crippen LogP contribution >= 0.6 is 0 Å². The molecule has 1 aromatic carbocycles. The number of likely N-dealkylation sites (N-methyl/N-ethyl adjacent to an activating group) is 2. The maximum Gasteiger partial charge on any atom is 0.244 e. The normalized spacial score (nSPS) is 14.0. The summed E-state index contributed by atoms with van der Waals surface area (Å²) in [5.41, 5.74) is 0.668. The van der Waals surface area contributed by atoms with Gasteiger partial charge in [-0.3, -0.25) is 9.59 Å². The molecule has 23 heavy (non-hydrogen) atoms. The lowest BCUT2D eigenvalue weighted by Crippen LogP contribution is -2.57. The van der Waals surface area contributed by atoms with Crippen molar-refractivity contribution in [1.82, 2.24) is 15.5 Å². The zero-order chi connectivity index (χ0) is 17.6. The van der Waals surface area contributed by atoms with Crippen LogP contribution in [0.15, 0.2) is 30.3 Å². The molecule has 0 spiro atoms. The van der Waals surface area contributed by atoms with Crippen molar-refractivity contribution in [3.8, 4) is 0 Å². The predicted molar refractivity (Wildman–Crippen MR) is 93.2 cm³/mol. The van der Waals surface area contributed by atoms with Gasteiger partial charge in [-0.05, 0) is 19.0 Å². The molecular weight excluding hydrogens is 290 g/mol. The van der Waals surface area contributed by atoms with E-state index in [2.05, 4.69) is 10.6 Å². The third kappa shape index (κ3) is 4.55. The van der Waals surface area contributed by atoms with Crippen LogP contribution in [-0.2, 0) is 15.0 Å². The predicted octanol–water partition coefficient (Wildman–Crippen LogP) is 1.54. The van der Waals surface area contributed by atoms with Gasteiger partial charge in [-0.25, -0.2) is 0 Å². The van der Waals surface area contributed by atoms with E-state index < -0.39 is 17.5 Å². The van der Waals surface area contributed by atoms with Crippen LogP contribution in [0.3, 0.4) is 0 Å². The van der Waals surface area contributed by atoms with Crippen molar-refractivity contribution >= 4 is 11.8 Å². The molecule has 5 nitrogen and oxygen atoms in total. The molecule has 5 heteroatoms. The van der Waals surface area contributed by atoms with Crippen molar-refractivity contribution < 1.29 is 9.59 Å². The van der Waals surface area contributed by atoms with Gasteiger partial charge < -0.3 is 15.5 Å². The Balaban J connectivity index is 2.96. The number of nitrogens with one attached hydrogen (secondary N) is 2. The average Bonchev–Trinajstić information content (AvgIpc) is 2.53. The molecule has 0 aliphatic rings. The second-order valence-corrected chi connectivity index (χ2v) is 6.51. The van der Waals surface area contributed by atoms with Gasteiger partial charge in [0.15, 0.2) is 0 Å². The van der Waals surface area contributed by atoms with Gasteiger partial charge in [0.1, 0.15) is 6.04 Å². The number of rotatable bonds is 7. The van der Waals surface area contributed by atoms with Crippen LogP contribution in [0.5, 0.6) is 0 Å². The van der Waals surface area contributed by atoms with Gasteiger partial charge in [-0.1, -0.05) is 51.1 Å². The highest BCUT2D eigenvalue weighted by atomic mass is 16.2. The van der Waals surface area contributed by atoms with E-state index in [0.717, 1.165) is 5.56 Å². The zero-order valence-corrected chi connectivity index (χ0v) is 15.0. The molecule has 0 fully saturated rings. The summed E-state index contributed by atoms with van der Waals surface area (Å²) in [6.45, 7) is 5.94. The van der Waals surface area contributed by atoms with Gasteiger partial charge in [0.2, 0.25) is 11.8 Å². The summed E-state index contributed by atoms with van der Waals surface area (Å²) in [7, 11) is 5.16. The maximum absolute atomic E-state index is 12.7. The van der Waals surface area contributed by atoms with Gasteiger partial charge in [0, 0.05) is 19.5 Å². The summed E-state index contributed by atoms with van der Waals surface area (Å²) >= 11 is 0. The number of carbonyl (C=O) groups excluding carboxylic acids is 2. The molecule has 0 heterocycles. The molecule has 128 valence electrons. The first-order valence-corrected chi connectivity index (χ1v) is 8.00. The van der Waals surface area contributed by atoms with Gasteiger partial charge in [-0.2, -0.15) is 0 Å². The average molecular weight is 319 g/mol. The third-order valence-electron chi connectivity index (χ3n) is 4.25. The Morgan fingerprint density at radius 3 is 2.17 bits per heavy atom. The van der Waals surface area contributed by atoms with E-state index in [1.807, 2.05) is 51.1 Å². The molecule has 0 aliphatic heterocycles. The standard InChI is InChI=1S/C18H29N3O2/c1-7-14(17(23)21(5)6)20-16(22)15(19-4)18(2,3)13-11-9-8-10-12-13/h8-12,14-15,19H,7H2,1-6H3,(H,20,22). The highest BCUT2D eigenvalue weighted by Crippen LogP contribution is 2.27. The molecular formula is C18H29N3O2. The van der Waals surface area contributed by atoms with Crippen LogP contribution < -0.4 is 10.6 Å². The van der Waals surface area contributed by atoms with Crippen LogP contribution in [0.1, 0.15) is 32.8 Å². The van der Waals surface area contributed by atoms with E-state index >= 15 is 0 Å². The Bertz CT molecular complexity index is 526. The van der Waals surface area contributed by atoms with Crippen molar-refractivity contribution in [3.05, 3.63) is 35.9 Å². The van der Waals surface area contributed by atoms with Crippen molar-refractivity contribution in [2.75, 3.05) is 21.1 Å². The zero-order valence-electron chi connectivity index (χ0n) is 15.0. The lowest BCUT2D eigenvalue weighted by atomic mass is 9.77. The monoisotopic (exact) mass is 319 g/mol. The summed E-state index contributed by atoms with van der Waals surface area (Å²) in [5.74, 6) is -0.253. The lowest BCUT2D eigenvalue weighted by Gasteiger charge is -2.34. The van der Waals surface area contributed by atoms with Crippen LogP contribution in [-0.4, -0.2) is 49.9 Å². The maximum atomic E-state index is 12.7. The lowest BCUT2D eigenvalue weighted by molar-refractivity contribution is -0.135. The van der Waals surface area contributed by atoms with E-state index in [-0.39, 0.29) is 11.8 Å². The smallest absolute Gasteiger partial charge is 0.244 e. The molecule has 0 aliphatic carbocycles. The second-order valence-electron chi connectivity index (χ2n) is 6.51. The van der Waals surface area contributed by atoms with E-state index in [0.29, 0.717) is 6.42 Å². The second kappa shape index (κ2) is 8.11. The van der Waals surface area contributed by atoms with Crippen molar-refractivity contribution in [1.29, 1.82) is 0 Å². The number of carbonyl (C=O) groups is 2. The topological polar surface area (TPSA) is 61.4 Å². The Kier molecular flexibility index (Phi) is 6.76. The summed E-state index contributed by atoms with van der Waals surface area (Å²) in [5, 5.41) is 5.98. The van der Waals surface area contributed by atoms with Crippen molar-refractivity contribution in [2.24, 2.45) is 0 Å². The molecule has 1 rings (SSSR count). The minimum absolute atomic E-state index is 0.0896. The van der Waals surface area contributed by atoms with Gasteiger partial charge >= 0.3 is 0 Å². The van der Waals surface area contributed by atoms with Crippen LogP contribution in [0.2, 0.25) is 0 Å². The summed E-state index contributed by atoms with van der Waals surface area (Å²) < 4.78 is 0. The Hall–Kier alpha value is -1.88. The molecule has 0 bridgehead atoms. The molecule has 0 saturated carbocycles. The van der Waals surface area contributed by atoms with Crippen molar-refractivity contribution in [2.45, 2.75) is 44.7 Å². The first kappa shape index (κ1) is 19.2. The Morgan fingerprint density at radius 2 is 1.74 bits per heavy atom.